The second kappa shape index (κ2) is 20.7. The number of carbonyl (C=O) groups is 5. The van der Waals surface area contributed by atoms with E-state index in [1.165, 1.54) is 35.6 Å². The molecule has 3 aromatic heterocycles. The molecule has 2 fully saturated rings. The van der Waals surface area contributed by atoms with E-state index in [-0.39, 0.29) is 78.4 Å². The molecule has 3 aliphatic rings. The van der Waals surface area contributed by atoms with Crippen molar-refractivity contribution in [2.24, 2.45) is 18.9 Å². The number of hydrogen-bond acceptors (Lipinski definition) is 12. The molecule has 2 saturated heterocycles. The van der Waals surface area contributed by atoms with E-state index < -0.39 is 29.3 Å². The van der Waals surface area contributed by atoms with Crippen molar-refractivity contribution in [2.45, 2.75) is 64.1 Å². The fourth-order valence-electron chi connectivity index (χ4n) is 10.4. The molecule has 6 heterocycles. The third-order valence-corrected chi connectivity index (χ3v) is 15.1. The van der Waals surface area contributed by atoms with Gasteiger partial charge in [-0.25, -0.2) is 14.8 Å². The summed E-state index contributed by atoms with van der Waals surface area (Å²) < 4.78 is 53.0. The molecular formula is C54H52F3N9O7S. The number of likely N-dealkylation sites (tertiary alicyclic amines) is 1. The topological polar surface area (TPSA) is 201 Å². The number of nitrogens with zero attached hydrogens (tertiary/aromatic N) is 6. The average Bonchev–Trinajstić information content (AvgIpc) is 3.94. The molecule has 4 aromatic carbocycles. The number of alkyl halides is 3. The highest BCUT2D eigenvalue weighted by Crippen LogP contribution is 2.41. The van der Waals surface area contributed by atoms with Crippen LogP contribution in [-0.4, -0.2) is 92.1 Å². The average molecular weight is 1030 g/mol. The summed E-state index contributed by atoms with van der Waals surface area (Å²) in [7, 11) is 1.77. The fourth-order valence-corrected chi connectivity index (χ4v) is 11.3. The van der Waals surface area contributed by atoms with E-state index in [1.807, 2.05) is 60.4 Å². The molecule has 16 nitrogen and oxygen atoms in total. The number of pyridine rings is 1. The van der Waals surface area contributed by atoms with Gasteiger partial charge in [0.05, 0.1) is 46.1 Å². The Kier molecular flexibility index (Phi) is 13.9. The summed E-state index contributed by atoms with van der Waals surface area (Å²) in [6.45, 7) is 4.39. The van der Waals surface area contributed by atoms with Crippen molar-refractivity contribution in [3.63, 3.8) is 0 Å². The van der Waals surface area contributed by atoms with Crippen LogP contribution in [0.25, 0.3) is 32.2 Å². The van der Waals surface area contributed by atoms with Gasteiger partial charge in [0, 0.05) is 48.8 Å². The SMILES string of the molecule is C[C@H](COc1ccc(-c2ccc(N3CCc4cccc(C(=O)Nc5nc6ccccc6s5)c4C3)nc2C(=O)O)c(C(F)(F)F)c1)CC1CCN(CC(=O)Nc2ccc3c(C4CCC(=O)NC4=O)nn(C)c3c2)CC1. The number of halogens is 3. The van der Waals surface area contributed by atoms with Gasteiger partial charge in [-0.1, -0.05) is 48.6 Å². The van der Waals surface area contributed by atoms with Crippen LogP contribution in [0.4, 0.5) is 29.8 Å². The molecule has 74 heavy (non-hydrogen) atoms. The number of aromatic nitrogens is 4. The molecule has 2 atom stereocenters. The standard InChI is InChI=1S/C54H52F3N9O7S/c1-30(24-31-18-21-65(22-19-31)28-47(68)58-33-10-12-38-43(25-33)64(2)63-48(38)39-15-17-46(67)61-51(39)70)29-73-34-11-13-35(41(26-34)54(55,56)57)36-14-16-45(60-49(36)52(71)72)66-23-20-32-6-5-7-37(40(32)27-66)50(69)62-53-59-42-8-3-4-9-44(42)74-53/h3-14,16,25-26,30-31,39H,15,17-24,27-29H2,1-2H3,(H,58,68)(H,71,72)(H,59,62,69)(H,61,67,70)/t30-,39?/m0/s1. The molecule has 10 rings (SSSR count). The molecule has 0 spiro atoms. The Labute approximate surface area is 426 Å². The molecule has 0 radical (unpaired) electrons. The zero-order chi connectivity index (χ0) is 51.8. The lowest BCUT2D eigenvalue weighted by atomic mass is 9.88. The highest BCUT2D eigenvalue weighted by molar-refractivity contribution is 7.22. The summed E-state index contributed by atoms with van der Waals surface area (Å²) in [4.78, 5) is 76.5. The predicted molar refractivity (Wildman–Crippen MR) is 273 cm³/mol. The van der Waals surface area contributed by atoms with Crippen LogP contribution in [0.15, 0.2) is 91.0 Å². The van der Waals surface area contributed by atoms with Crippen LogP contribution in [0.5, 0.6) is 5.75 Å². The van der Waals surface area contributed by atoms with Crippen molar-refractivity contribution in [3.05, 3.63) is 125 Å². The number of para-hydroxylation sites is 1. The smallest absolute Gasteiger partial charge is 0.417 e. The molecule has 1 unspecified atom stereocenters. The molecular weight excluding hydrogens is 976 g/mol. The lowest BCUT2D eigenvalue weighted by Gasteiger charge is -2.32. The number of carbonyl (C=O) groups excluding carboxylic acids is 4. The van der Waals surface area contributed by atoms with Gasteiger partial charge in [0.2, 0.25) is 17.7 Å². The number of imide groups is 1. The van der Waals surface area contributed by atoms with Gasteiger partial charge in [-0.2, -0.15) is 18.3 Å². The Morgan fingerprint density at radius 2 is 1.70 bits per heavy atom. The molecule has 4 amide bonds. The number of ether oxygens (including phenoxy) is 1. The van der Waals surface area contributed by atoms with E-state index in [0.717, 1.165) is 57.6 Å². The number of aryl methyl sites for hydroxylation is 1. The summed E-state index contributed by atoms with van der Waals surface area (Å²) >= 11 is 1.36. The third-order valence-electron chi connectivity index (χ3n) is 14.1. The first-order chi connectivity index (χ1) is 35.5. The van der Waals surface area contributed by atoms with Crippen molar-refractivity contribution in [1.82, 2.24) is 30.0 Å². The fraction of sp³-hybridized carbons (Fsp3) is 0.333. The minimum Gasteiger partial charge on any atom is -0.493 e. The van der Waals surface area contributed by atoms with Crippen LogP contribution in [-0.2, 0) is 40.6 Å². The summed E-state index contributed by atoms with van der Waals surface area (Å²) in [5.41, 5.74) is 2.68. The van der Waals surface area contributed by atoms with Crippen LogP contribution < -0.4 is 25.6 Å². The number of carboxylic acid groups (broad SMARTS) is 1. The van der Waals surface area contributed by atoms with Crippen molar-refractivity contribution in [3.8, 4) is 16.9 Å². The monoisotopic (exact) mass is 1030 g/mol. The number of thiazole rings is 1. The summed E-state index contributed by atoms with van der Waals surface area (Å²) in [6, 6.07) is 24.8. The van der Waals surface area contributed by atoms with Gasteiger partial charge in [-0.3, -0.25) is 39.4 Å². The molecule has 0 saturated carbocycles. The van der Waals surface area contributed by atoms with Crippen LogP contribution in [0.3, 0.4) is 0 Å². The number of aromatic carboxylic acids is 1. The van der Waals surface area contributed by atoms with Gasteiger partial charge in [-0.05, 0) is 134 Å². The van der Waals surface area contributed by atoms with Crippen LogP contribution in [0.2, 0.25) is 0 Å². The normalized spacial score (nSPS) is 17.0. The largest absolute Gasteiger partial charge is 0.493 e. The Morgan fingerprint density at radius 3 is 2.47 bits per heavy atom. The Hall–Kier alpha value is -7.71. The number of rotatable bonds is 14. The van der Waals surface area contributed by atoms with E-state index in [9.17, 15) is 42.3 Å². The van der Waals surface area contributed by atoms with E-state index in [2.05, 4.69) is 35.9 Å². The molecule has 0 bridgehead atoms. The highest BCUT2D eigenvalue weighted by Gasteiger charge is 2.37. The third kappa shape index (κ3) is 10.7. The number of carboxylic acids is 1. The zero-order valence-corrected chi connectivity index (χ0v) is 41.3. The first-order valence-electron chi connectivity index (χ1n) is 24.5. The zero-order valence-electron chi connectivity index (χ0n) is 40.5. The van der Waals surface area contributed by atoms with Gasteiger partial charge >= 0.3 is 12.1 Å². The van der Waals surface area contributed by atoms with Crippen molar-refractivity contribution >= 4 is 78.7 Å². The summed E-state index contributed by atoms with van der Waals surface area (Å²) in [5.74, 6) is -2.62. The molecule has 7 aromatic rings. The van der Waals surface area contributed by atoms with Gasteiger partial charge in [0.1, 0.15) is 11.6 Å². The summed E-state index contributed by atoms with van der Waals surface area (Å²) in [5, 5.41) is 24.4. The maximum Gasteiger partial charge on any atom is 0.417 e. The number of benzene rings is 4. The molecule has 3 aliphatic heterocycles. The van der Waals surface area contributed by atoms with Crippen LogP contribution in [0, 0.1) is 11.8 Å². The molecule has 4 N–H and O–H groups in total. The maximum absolute atomic E-state index is 14.8. The Balaban J connectivity index is 0.735. The maximum atomic E-state index is 14.8. The van der Waals surface area contributed by atoms with Gasteiger partial charge in [-0.15, -0.1) is 0 Å². The van der Waals surface area contributed by atoms with Crippen molar-refractivity contribution in [1.29, 1.82) is 0 Å². The molecule has 20 heteroatoms. The van der Waals surface area contributed by atoms with E-state index in [1.54, 1.807) is 23.9 Å². The number of hydrogen-bond donors (Lipinski definition) is 4. The Bertz CT molecular complexity index is 3320. The lowest BCUT2D eigenvalue weighted by Crippen LogP contribution is -2.39. The lowest BCUT2D eigenvalue weighted by molar-refractivity contribution is -0.137. The van der Waals surface area contributed by atoms with E-state index in [4.69, 9.17) is 4.74 Å². The minimum absolute atomic E-state index is 0.00224. The predicted octanol–water partition coefficient (Wildman–Crippen LogP) is 9.05. The number of piperidine rings is 2. The first kappa shape index (κ1) is 49.9. The number of fused-ring (bicyclic) bond motifs is 3. The van der Waals surface area contributed by atoms with Crippen LogP contribution >= 0.6 is 11.3 Å². The number of anilines is 3. The van der Waals surface area contributed by atoms with Crippen molar-refractivity contribution in [2.75, 3.05) is 48.3 Å². The van der Waals surface area contributed by atoms with Gasteiger partial charge < -0.3 is 20.1 Å². The first-order valence-corrected chi connectivity index (χ1v) is 25.3. The minimum atomic E-state index is -4.85. The van der Waals surface area contributed by atoms with Gasteiger partial charge in [0.15, 0.2) is 10.8 Å². The highest BCUT2D eigenvalue weighted by atomic mass is 32.1. The summed E-state index contributed by atoms with van der Waals surface area (Å²) in [6.07, 6.45) is -1.26. The second-order valence-corrected chi connectivity index (χ2v) is 20.3. The number of nitrogens with one attached hydrogen (secondary N) is 3. The Morgan fingerprint density at radius 1 is 0.905 bits per heavy atom. The van der Waals surface area contributed by atoms with Gasteiger partial charge in [0.25, 0.3) is 5.91 Å². The second-order valence-electron chi connectivity index (χ2n) is 19.3. The van der Waals surface area contributed by atoms with Crippen molar-refractivity contribution < 1.29 is 47.0 Å². The van der Waals surface area contributed by atoms with Crippen LogP contribution in [0.1, 0.15) is 88.2 Å². The van der Waals surface area contributed by atoms with E-state index in [0.29, 0.717) is 60.5 Å². The quantitative estimate of drug-likeness (QED) is 0.0755. The molecule has 0 aliphatic carbocycles. The number of amides is 4. The van der Waals surface area contributed by atoms with E-state index >= 15 is 0 Å². The molecule has 382 valence electrons.